The summed E-state index contributed by atoms with van der Waals surface area (Å²) in [5.41, 5.74) is 6.90. The summed E-state index contributed by atoms with van der Waals surface area (Å²) >= 11 is 1.64. The van der Waals surface area contributed by atoms with Gasteiger partial charge in [-0.25, -0.2) is 4.98 Å². The van der Waals surface area contributed by atoms with Gasteiger partial charge in [0, 0.05) is 24.4 Å². The van der Waals surface area contributed by atoms with Gasteiger partial charge in [0.2, 0.25) is 0 Å². The van der Waals surface area contributed by atoms with Gasteiger partial charge < -0.3 is 5.73 Å². The quantitative estimate of drug-likeness (QED) is 0.781. The smallest absolute Gasteiger partial charge is 0.180 e. The van der Waals surface area contributed by atoms with Crippen molar-refractivity contribution in [3.8, 4) is 0 Å². The van der Waals surface area contributed by atoms with Crippen molar-refractivity contribution in [2.24, 2.45) is 0 Å². The van der Waals surface area contributed by atoms with Crippen molar-refractivity contribution in [3.63, 3.8) is 0 Å². The van der Waals surface area contributed by atoms with E-state index in [0.717, 1.165) is 24.6 Å². The maximum atomic E-state index is 5.67. The number of nitrogen functional groups attached to an aromatic ring is 1. The lowest BCUT2D eigenvalue weighted by molar-refractivity contribution is 0.256. The molecule has 2 heterocycles. The van der Waals surface area contributed by atoms with Crippen LogP contribution in [-0.4, -0.2) is 23.0 Å². The topological polar surface area (TPSA) is 42.2 Å². The van der Waals surface area contributed by atoms with Gasteiger partial charge in [0.1, 0.15) is 0 Å². The van der Waals surface area contributed by atoms with Gasteiger partial charge in [-0.3, -0.25) is 4.90 Å². The minimum absolute atomic E-state index is 0.725. The molecule has 1 aliphatic heterocycles. The van der Waals surface area contributed by atoms with Crippen LogP contribution in [-0.2, 0) is 13.0 Å². The monoisotopic (exact) mass is 197 g/mol. The highest BCUT2D eigenvalue weighted by Crippen LogP contribution is 2.26. The SMILES string of the molecule is CCCN1CCc2nc(N)sc2C1. The predicted octanol–water partition coefficient (Wildman–Crippen LogP) is 1.49. The first-order chi connectivity index (χ1) is 6.29. The largest absolute Gasteiger partial charge is 0.375 e. The molecule has 2 rings (SSSR count). The van der Waals surface area contributed by atoms with E-state index in [2.05, 4.69) is 16.8 Å². The molecule has 0 aliphatic carbocycles. The van der Waals surface area contributed by atoms with Crippen molar-refractivity contribution in [1.29, 1.82) is 0 Å². The fourth-order valence-corrected chi connectivity index (χ4v) is 2.70. The van der Waals surface area contributed by atoms with Gasteiger partial charge in [-0.2, -0.15) is 0 Å². The Morgan fingerprint density at radius 1 is 1.62 bits per heavy atom. The van der Waals surface area contributed by atoms with Crippen molar-refractivity contribution < 1.29 is 0 Å². The Kier molecular flexibility index (Phi) is 2.51. The lowest BCUT2D eigenvalue weighted by Crippen LogP contribution is -2.30. The summed E-state index contributed by atoms with van der Waals surface area (Å²) in [7, 11) is 0. The fraction of sp³-hybridized carbons (Fsp3) is 0.667. The van der Waals surface area contributed by atoms with E-state index in [9.17, 15) is 0 Å². The van der Waals surface area contributed by atoms with Crippen molar-refractivity contribution in [2.45, 2.75) is 26.3 Å². The van der Waals surface area contributed by atoms with Gasteiger partial charge >= 0.3 is 0 Å². The Hall–Kier alpha value is -0.610. The predicted molar refractivity (Wildman–Crippen MR) is 55.8 cm³/mol. The zero-order valence-electron chi connectivity index (χ0n) is 7.92. The van der Waals surface area contributed by atoms with E-state index in [0.29, 0.717) is 0 Å². The molecule has 4 heteroatoms. The Balaban J connectivity index is 2.10. The van der Waals surface area contributed by atoms with Crippen molar-refractivity contribution in [1.82, 2.24) is 9.88 Å². The van der Waals surface area contributed by atoms with E-state index in [1.807, 2.05) is 0 Å². The third-order valence-corrected chi connectivity index (χ3v) is 3.28. The highest BCUT2D eigenvalue weighted by Gasteiger charge is 2.18. The molecular formula is C9H15N3S. The number of thiazole rings is 1. The van der Waals surface area contributed by atoms with Gasteiger partial charge in [-0.1, -0.05) is 6.92 Å². The molecule has 1 aromatic heterocycles. The number of nitrogens with zero attached hydrogens (tertiary/aromatic N) is 2. The molecule has 0 unspecified atom stereocenters. The molecule has 0 spiro atoms. The van der Waals surface area contributed by atoms with Crippen LogP contribution in [0.4, 0.5) is 5.13 Å². The van der Waals surface area contributed by atoms with Gasteiger partial charge in [-0.05, 0) is 13.0 Å². The van der Waals surface area contributed by atoms with Crippen LogP contribution in [0.2, 0.25) is 0 Å². The number of nitrogens with two attached hydrogens (primary N) is 1. The molecule has 0 saturated carbocycles. The molecule has 2 N–H and O–H groups in total. The molecule has 0 fully saturated rings. The van der Waals surface area contributed by atoms with E-state index in [1.54, 1.807) is 11.3 Å². The molecular weight excluding hydrogens is 182 g/mol. The van der Waals surface area contributed by atoms with Crippen LogP contribution in [0.3, 0.4) is 0 Å². The lowest BCUT2D eigenvalue weighted by Gasteiger charge is -2.24. The zero-order chi connectivity index (χ0) is 9.26. The Morgan fingerprint density at radius 2 is 2.46 bits per heavy atom. The first-order valence-electron chi connectivity index (χ1n) is 4.76. The standard InChI is InChI=1S/C9H15N3S/c1-2-4-12-5-3-7-8(6-12)13-9(10)11-7/h2-6H2,1H3,(H2,10,11). The number of aromatic nitrogens is 1. The van der Waals surface area contributed by atoms with E-state index in [-0.39, 0.29) is 0 Å². The van der Waals surface area contributed by atoms with E-state index in [4.69, 9.17) is 5.73 Å². The van der Waals surface area contributed by atoms with E-state index >= 15 is 0 Å². The van der Waals surface area contributed by atoms with Gasteiger partial charge in [0.25, 0.3) is 0 Å². The first kappa shape index (κ1) is 8.97. The molecule has 3 nitrogen and oxygen atoms in total. The Bertz CT molecular complexity index is 295. The maximum Gasteiger partial charge on any atom is 0.180 e. The molecule has 13 heavy (non-hydrogen) atoms. The minimum atomic E-state index is 0.725. The molecule has 1 aromatic rings. The minimum Gasteiger partial charge on any atom is -0.375 e. The second-order valence-corrected chi connectivity index (χ2v) is 4.56. The molecule has 0 amide bonds. The number of hydrogen-bond acceptors (Lipinski definition) is 4. The average molecular weight is 197 g/mol. The van der Waals surface area contributed by atoms with Crippen LogP contribution in [0.1, 0.15) is 23.9 Å². The number of hydrogen-bond donors (Lipinski definition) is 1. The van der Waals surface area contributed by atoms with Crippen LogP contribution < -0.4 is 5.73 Å². The van der Waals surface area contributed by atoms with Crippen LogP contribution in [0, 0.1) is 0 Å². The number of rotatable bonds is 2. The Morgan fingerprint density at radius 3 is 3.23 bits per heavy atom. The van der Waals surface area contributed by atoms with Crippen LogP contribution >= 0.6 is 11.3 Å². The number of fused-ring (bicyclic) bond motifs is 1. The third kappa shape index (κ3) is 1.84. The second kappa shape index (κ2) is 3.64. The Labute approximate surface area is 82.6 Å². The van der Waals surface area contributed by atoms with Gasteiger partial charge in [0.05, 0.1) is 5.69 Å². The first-order valence-corrected chi connectivity index (χ1v) is 5.57. The number of anilines is 1. The van der Waals surface area contributed by atoms with Crippen molar-refractivity contribution in [2.75, 3.05) is 18.8 Å². The lowest BCUT2D eigenvalue weighted by atomic mass is 10.2. The summed E-state index contributed by atoms with van der Waals surface area (Å²) in [5.74, 6) is 0. The molecule has 0 atom stereocenters. The molecule has 0 aromatic carbocycles. The normalized spacial score (nSPS) is 17.3. The highest BCUT2D eigenvalue weighted by atomic mass is 32.1. The van der Waals surface area contributed by atoms with Crippen LogP contribution in [0.15, 0.2) is 0 Å². The van der Waals surface area contributed by atoms with Gasteiger partial charge in [0.15, 0.2) is 5.13 Å². The zero-order valence-corrected chi connectivity index (χ0v) is 8.73. The highest BCUT2D eigenvalue weighted by molar-refractivity contribution is 7.15. The summed E-state index contributed by atoms with van der Waals surface area (Å²) in [6, 6.07) is 0. The van der Waals surface area contributed by atoms with Crippen molar-refractivity contribution >= 4 is 16.5 Å². The molecule has 1 aliphatic rings. The molecule has 0 bridgehead atoms. The maximum absolute atomic E-state index is 5.67. The molecule has 0 radical (unpaired) electrons. The summed E-state index contributed by atoms with van der Waals surface area (Å²) < 4.78 is 0. The van der Waals surface area contributed by atoms with E-state index in [1.165, 1.54) is 23.5 Å². The summed E-state index contributed by atoms with van der Waals surface area (Å²) in [6.07, 6.45) is 2.30. The van der Waals surface area contributed by atoms with Crippen LogP contribution in [0.25, 0.3) is 0 Å². The molecule has 0 saturated heterocycles. The molecule has 72 valence electrons. The summed E-state index contributed by atoms with van der Waals surface area (Å²) in [4.78, 5) is 8.16. The fourth-order valence-electron chi connectivity index (χ4n) is 1.78. The van der Waals surface area contributed by atoms with E-state index < -0.39 is 0 Å². The van der Waals surface area contributed by atoms with Crippen LogP contribution in [0.5, 0.6) is 0 Å². The van der Waals surface area contributed by atoms with Gasteiger partial charge in [-0.15, -0.1) is 11.3 Å². The second-order valence-electron chi connectivity index (χ2n) is 3.45. The third-order valence-electron chi connectivity index (χ3n) is 2.37. The van der Waals surface area contributed by atoms with Crippen molar-refractivity contribution in [3.05, 3.63) is 10.6 Å². The summed E-state index contributed by atoms with van der Waals surface area (Å²) in [6.45, 7) is 5.61. The summed E-state index contributed by atoms with van der Waals surface area (Å²) in [5, 5.41) is 0.725. The average Bonchev–Trinajstić information content (AvgIpc) is 2.44.